The highest BCUT2D eigenvalue weighted by Gasteiger charge is 2.24. The van der Waals surface area contributed by atoms with Gasteiger partial charge in [0.25, 0.3) is 0 Å². The lowest BCUT2D eigenvalue weighted by atomic mass is 10.2. The van der Waals surface area contributed by atoms with Crippen molar-refractivity contribution in [2.45, 2.75) is 32.4 Å². The molecule has 1 aromatic heterocycles. The number of imidazole rings is 1. The van der Waals surface area contributed by atoms with Gasteiger partial charge in [-0.15, -0.1) is 0 Å². The Morgan fingerprint density at radius 2 is 2.33 bits per heavy atom. The molecule has 1 aliphatic rings. The molecule has 0 bridgehead atoms. The molecule has 5 heteroatoms. The van der Waals surface area contributed by atoms with Gasteiger partial charge in [-0.05, 0) is 31.4 Å². The standard InChI is InChI=1S/C13H16N4O/c1-8-3-2-4-10-12(8)17(13(14)16-10)7-11(18)15-9-5-6-9/h2-4,9H,5-7H2,1H3,(H2,14,16)(H,15,18). The minimum absolute atomic E-state index is 0.00625. The third-order valence-corrected chi connectivity index (χ3v) is 3.24. The van der Waals surface area contributed by atoms with Crippen LogP contribution in [-0.2, 0) is 11.3 Å². The Bertz CT molecular complexity index is 613. The summed E-state index contributed by atoms with van der Waals surface area (Å²) >= 11 is 0. The molecule has 0 radical (unpaired) electrons. The van der Waals surface area contributed by atoms with Gasteiger partial charge in [0.05, 0.1) is 11.0 Å². The van der Waals surface area contributed by atoms with Gasteiger partial charge in [-0.2, -0.15) is 0 Å². The molecule has 1 aliphatic carbocycles. The first-order valence-electron chi connectivity index (χ1n) is 6.16. The highest BCUT2D eigenvalue weighted by atomic mass is 16.2. The van der Waals surface area contributed by atoms with Gasteiger partial charge < -0.3 is 15.6 Å². The van der Waals surface area contributed by atoms with E-state index >= 15 is 0 Å². The molecule has 2 aromatic rings. The smallest absolute Gasteiger partial charge is 0.240 e. The largest absolute Gasteiger partial charge is 0.369 e. The van der Waals surface area contributed by atoms with Gasteiger partial charge >= 0.3 is 0 Å². The van der Waals surface area contributed by atoms with Crippen molar-refractivity contribution in [3.05, 3.63) is 23.8 Å². The van der Waals surface area contributed by atoms with Gasteiger partial charge in [0, 0.05) is 6.04 Å². The second-order valence-electron chi connectivity index (χ2n) is 4.84. The number of carbonyl (C=O) groups excluding carboxylic acids is 1. The number of nitrogen functional groups attached to an aromatic ring is 1. The van der Waals surface area contributed by atoms with E-state index in [0.717, 1.165) is 29.4 Å². The van der Waals surface area contributed by atoms with Crippen molar-refractivity contribution in [3.8, 4) is 0 Å². The van der Waals surface area contributed by atoms with E-state index in [2.05, 4.69) is 10.3 Å². The summed E-state index contributed by atoms with van der Waals surface area (Å²) in [4.78, 5) is 16.1. The van der Waals surface area contributed by atoms with E-state index in [1.54, 1.807) is 4.57 Å². The first kappa shape index (κ1) is 11.1. The van der Waals surface area contributed by atoms with Crippen LogP contribution in [0.3, 0.4) is 0 Å². The van der Waals surface area contributed by atoms with Crippen LogP contribution in [0.25, 0.3) is 11.0 Å². The molecule has 1 amide bonds. The number of hydrogen-bond donors (Lipinski definition) is 2. The predicted octanol–water partition coefficient (Wildman–Crippen LogP) is 1.21. The SMILES string of the molecule is Cc1cccc2nc(N)n(CC(=O)NC3CC3)c12. The summed E-state index contributed by atoms with van der Waals surface area (Å²) in [6, 6.07) is 6.22. The number of para-hydroxylation sites is 1. The Morgan fingerprint density at radius 1 is 1.56 bits per heavy atom. The lowest BCUT2D eigenvalue weighted by Gasteiger charge is -2.08. The number of fused-ring (bicyclic) bond motifs is 1. The third-order valence-electron chi connectivity index (χ3n) is 3.24. The number of aryl methyl sites for hydroxylation is 1. The summed E-state index contributed by atoms with van der Waals surface area (Å²) < 4.78 is 1.78. The van der Waals surface area contributed by atoms with Crippen LogP contribution in [0.4, 0.5) is 5.95 Å². The molecule has 5 nitrogen and oxygen atoms in total. The van der Waals surface area contributed by atoms with E-state index in [1.165, 1.54) is 0 Å². The van der Waals surface area contributed by atoms with Crippen molar-refractivity contribution in [1.82, 2.24) is 14.9 Å². The molecule has 0 saturated heterocycles. The zero-order valence-corrected chi connectivity index (χ0v) is 10.3. The van der Waals surface area contributed by atoms with Gasteiger partial charge in [-0.1, -0.05) is 12.1 Å². The fourth-order valence-corrected chi connectivity index (χ4v) is 2.19. The van der Waals surface area contributed by atoms with Crippen molar-refractivity contribution in [1.29, 1.82) is 0 Å². The molecule has 1 saturated carbocycles. The predicted molar refractivity (Wildman–Crippen MR) is 70.0 cm³/mol. The number of nitrogens with zero attached hydrogens (tertiary/aromatic N) is 2. The summed E-state index contributed by atoms with van der Waals surface area (Å²) in [5, 5.41) is 2.96. The number of benzene rings is 1. The molecule has 94 valence electrons. The summed E-state index contributed by atoms with van der Waals surface area (Å²) in [5.74, 6) is 0.400. The summed E-state index contributed by atoms with van der Waals surface area (Å²) in [6.45, 7) is 2.24. The third kappa shape index (κ3) is 1.92. The van der Waals surface area contributed by atoms with Crippen molar-refractivity contribution >= 4 is 22.9 Å². The van der Waals surface area contributed by atoms with Crippen LogP contribution < -0.4 is 11.1 Å². The van der Waals surface area contributed by atoms with Gasteiger partial charge in [-0.3, -0.25) is 4.79 Å². The van der Waals surface area contributed by atoms with Gasteiger partial charge in [-0.25, -0.2) is 4.98 Å². The topological polar surface area (TPSA) is 72.9 Å². The number of carbonyl (C=O) groups is 1. The molecule has 18 heavy (non-hydrogen) atoms. The molecule has 1 aromatic carbocycles. The maximum absolute atomic E-state index is 11.9. The Kier molecular flexibility index (Phi) is 2.47. The van der Waals surface area contributed by atoms with Crippen LogP contribution in [0.1, 0.15) is 18.4 Å². The molecular weight excluding hydrogens is 228 g/mol. The molecule has 1 heterocycles. The van der Waals surface area contributed by atoms with Gasteiger partial charge in [0.2, 0.25) is 11.9 Å². The molecule has 0 atom stereocenters. The number of amides is 1. The second kappa shape index (κ2) is 4.01. The maximum Gasteiger partial charge on any atom is 0.240 e. The molecule has 1 fully saturated rings. The zero-order valence-electron chi connectivity index (χ0n) is 10.3. The zero-order chi connectivity index (χ0) is 12.7. The maximum atomic E-state index is 11.9. The van der Waals surface area contributed by atoms with Crippen LogP contribution in [0, 0.1) is 6.92 Å². The lowest BCUT2D eigenvalue weighted by Crippen LogP contribution is -2.29. The van der Waals surface area contributed by atoms with Crippen molar-refractivity contribution < 1.29 is 4.79 Å². The molecular formula is C13H16N4O. The van der Waals surface area contributed by atoms with E-state index in [1.807, 2.05) is 25.1 Å². The normalized spacial score (nSPS) is 14.9. The average molecular weight is 244 g/mol. The van der Waals surface area contributed by atoms with Crippen LogP contribution in [-0.4, -0.2) is 21.5 Å². The highest BCUT2D eigenvalue weighted by Crippen LogP contribution is 2.22. The summed E-state index contributed by atoms with van der Waals surface area (Å²) in [7, 11) is 0. The number of nitrogens with one attached hydrogen (secondary N) is 1. The van der Waals surface area contributed by atoms with Crippen LogP contribution in [0.15, 0.2) is 18.2 Å². The second-order valence-corrected chi connectivity index (χ2v) is 4.84. The highest BCUT2D eigenvalue weighted by molar-refractivity contribution is 5.85. The van der Waals surface area contributed by atoms with Gasteiger partial charge in [0.1, 0.15) is 6.54 Å². The number of rotatable bonds is 3. The van der Waals surface area contributed by atoms with Crippen molar-refractivity contribution in [3.63, 3.8) is 0 Å². The monoisotopic (exact) mass is 244 g/mol. The van der Waals surface area contributed by atoms with E-state index in [9.17, 15) is 4.79 Å². The number of anilines is 1. The number of nitrogens with two attached hydrogens (primary N) is 1. The quantitative estimate of drug-likeness (QED) is 0.852. The molecule has 0 unspecified atom stereocenters. The average Bonchev–Trinajstić information content (AvgIpc) is 3.05. The molecule has 0 aliphatic heterocycles. The number of hydrogen-bond acceptors (Lipinski definition) is 3. The van der Waals surface area contributed by atoms with Crippen LogP contribution >= 0.6 is 0 Å². The fourth-order valence-electron chi connectivity index (χ4n) is 2.19. The van der Waals surface area contributed by atoms with Crippen molar-refractivity contribution in [2.24, 2.45) is 0 Å². The van der Waals surface area contributed by atoms with Crippen LogP contribution in [0.5, 0.6) is 0 Å². The number of aromatic nitrogens is 2. The first-order valence-corrected chi connectivity index (χ1v) is 6.16. The first-order chi connectivity index (χ1) is 8.65. The van der Waals surface area contributed by atoms with E-state index in [0.29, 0.717) is 12.0 Å². The summed E-state index contributed by atoms with van der Waals surface area (Å²) in [5.41, 5.74) is 8.75. The molecule has 3 N–H and O–H groups in total. The summed E-state index contributed by atoms with van der Waals surface area (Å²) in [6.07, 6.45) is 2.18. The van der Waals surface area contributed by atoms with Gasteiger partial charge in [0.15, 0.2) is 0 Å². The lowest BCUT2D eigenvalue weighted by molar-refractivity contribution is -0.121. The Labute approximate surface area is 105 Å². The van der Waals surface area contributed by atoms with Crippen LogP contribution in [0.2, 0.25) is 0 Å². The Morgan fingerprint density at radius 3 is 3.06 bits per heavy atom. The fraction of sp³-hybridized carbons (Fsp3) is 0.385. The van der Waals surface area contributed by atoms with Crippen molar-refractivity contribution in [2.75, 3.05) is 5.73 Å². The van der Waals surface area contributed by atoms with E-state index in [-0.39, 0.29) is 12.5 Å². The van der Waals surface area contributed by atoms with E-state index in [4.69, 9.17) is 5.73 Å². The Balaban J connectivity index is 1.94. The van der Waals surface area contributed by atoms with E-state index < -0.39 is 0 Å². The minimum atomic E-state index is 0.00625. The molecule has 3 rings (SSSR count). The minimum Gasteiger partial charge on any atom is -0.369 e. The Hall–Kier alpha value is -2.04. The molecule has 0 spiro atoms.